The van der Waals surface area contributed by atoms with Gasteiger partial charge >= 0.3 is 6.18 Å². The molecule has 0 spiro atoms. The van der Waals surface area contributed by atoms with E-state index in [0.29, 0.717) is 31.6 Å². The minimum Gasteiger partial charge on any atom is -0.350 e. The molecular weight excluding hydrogens is 391 g/mol. The summed E-state index contributed by atoms with van der Waals surface area (Å²) < 4.78 is 41.0. The third kappa shape index (κ3) is 4.36. The maximum absolute atomic E-state index is 13.0. The van der Waals surface area contributed by atoms with Crippen LogP contribution in [0.2, 0.25) is 0 Å². The molecule has 0 bridgehead atoms. The number of hydrogen-bond acceptors (Lipinski definition) is 2. The molecule has 4 nitrogen and oxygen atoms in total. The van der Waals surface area contributed by atoms with Gasteiger partial charge in [-0.15, -0.1) is 0 Å². The number of aryl methyl sites for hydroxylation is 1. The van der Waals surface area contributed by atoms with E-state index in [9.17, 15) is 18.0 Å². The van der Waals surface area contributed by atoms with Crippen molar-refractivity contribution in [1.82, 2.24) is 14.4 Å². The van der Waals surface area contributed by atoms with Crippen molar-refractivity contribution in [3.8, 4) is 0 Å². The number of para-hydroxylation sites is 1. The van der Waals surface area contributed by atoms with E-state index in [-0.39, 0.29) is 12.5 Å². The Morgan fingerprint density at radius 1 is 0.967 bits per heavy atom. The largest absolute Gasteiger partial charge is 0.416 e. The Bertz CT molecular complexity index is 1060. The zero-order valence-electron chi connectivity index (χ0n) is 16.8. The van der Waals surface area contributed by atoms with E-state index in [0.717, 1.165) is 18.7 Å². The smallest absolute Gasteiger partial charge is 0.350 e. The van der Waals surface area contributed by atoms with Gasteiger partial charge in [0.15, 0.2) is 0 Å². The number of rotatable bonds is 4. The van der Waals surface area contributed by atoms with Crippen molar-refractivity contribution in [3.05, 3.63) is 71.4 Å². The molecule has 0 radical (unpaired) electrons. The summed E-state index contributed by atoms with van der Waals surface area (Å²) in [5, 5.41) is 1.20. The number of amides is 1. The monoisotopic (exact) mass is 415 g/mol. The summed E-state index contributed by atoms with van der Waals surface area (Å²) in [4.78, 5) is 16.5. The molecule has 1 aliphatic rings. The minimum atomic E-state index is -4.38. The number of hydrogen-bond donors (Lipinski definition) is 0. The Morgan fingerprint density at radius 2 is 1.77 bits per heavy atom. The Balaban J connectivity index is 1.44. The Labute approximate surface area is 173 Å². The number of benzene rings is 2. The molecule has 4 rings (SSSR count). The molecule has 1 fully saturated rings. The highest BCUT2D eigenvalue weighted by Gasteiger charge is 2.30. The third-order valence-electron chi connectivity index (χ3n) is 5.68. The van der Waals surface area contributed by atoms with Gasteiger partial charge in [0.05, 0.1) is 5.56 Å². The van der Waals surface area contributed by atoms with E-state index >= 15 is 0 Å². The lowest BCUT2D eigenvalue weighted by molar-refractivity contribution is -0.137. The minimum absolute atomic E-state index is 0.0205. The van der Waals surface area contributed by atoms with Gasteiger partial charge in [-0.3, -0.25) is 9.69 Å². The highest BCUT2D eigenvalue weighted by Crippen LogP contribution is 2.30. The number of alkyl halides is 3. The van der Waals surface area contributed by atoms with Gasteiger partial charge in [-0.05, 0) is 29.3 Å². The van der Waals surface area contributed by atoms with Gasteiger partial charge in [-0.1, -0.05) is 30.3 Å². The van der Waals surface area contributed by atoms with Crippen molar-refractivity contribution in [2.24, 2.45) is 7.05 Å². The standard InChI is InChI=1S/C23H24F3N3O/c1-27-15-18(20-7-2-3-8-21(20)27)16-28-10-9-22(30)29(12-11-28)14-17-5-4-6-19(13-17)23(24,25)26/h2-8,13,15H,9-12,14,16H2,1H3. The van der Waals surface area contributed by atoms with Crippen LogP contribution in [0.5, 0.6) is 0 Å². The van der Waals surface area contributed by atoms with E-state index in [4.69, 9.17) is 0 Å². The van der Waals surface area contributed by atoms with E-state index in [1.165, 1.54) is 22.5 Å². The quantitative estimate of drug-likeness (QED) is 0.631. The van der Waals surface area contributed by atoms with Crippen LogP contribution in [0.25, 0.3) is 10.9 Å². The molecule has 7 heteroatoms. The molecule has 30 heavy (non-hydrogen) atoms. The van der Waals surface area contributed by atoms with Crippen molar-refractivity contribution in [3.63, 3.8) is 0 Å². The van der Waals surface area contributed by atoms with Gasteiger partial charge < -0.3 is 9.47 Å². The average molecular weight is 415 g/mol. The summed E-state index contributed by atoms with van der Waals surface area (Å²) >= 11 is 0. The molecule has 0 saturated carbocycles. The Hall–Kier alpha value is -2.80. The number of nitrogens with zero attached hydrogens (tertiary/aromatic N) is 3. The second kappa shape index (κ2) is 8.14. The molecule has 1 aromatic heterocycles. The lowest BCUT2D eigenvalue weighted by atomic mass is 10.1. The van der Waals surface area contributed by atoms with Crippen LogP contribution in [0.15, 0.2) is 54.7 Å². The molecule has 2 aromatic carbocycles. The molecule has 1 amide bonds. The van der Waals surface area contributed by atoms with Gasteiger partial charge in [0, 0.05) is 63.3 Å². The average Bonchev–Trinajstić information content (AvgIpc) is 2.93. The van der Waals surface area contributed by atoms with E-state index in [1.807, 2.05) is 19.2 Å². The van der Waals surface area contributed by atoms with Crippen LogP contribution in [0.1, 0.15) is 23.1 Å². The van der Waals surface area contributed by atoms with Crippen LogP contribution in [-0.4, -0.2) is 39.9 Å². The molecule has 1 aliphatic heterocycles. The number of halogens is 3. The molecule has 0 atom stereocenters. The first kappa shape index (κ1) is 20.5. The maximum Gasteiger partial charge on any atom is 0.416 e. The normalized spacial score (nSPS) is 16.3. The van der Waals surface area contributed by atoms with Crippen LogP contribution in [-0.2, 0) is 31.1 Å². The van der Waals surface area contributed by atoms with Gasteiger partial charge in [-0.25, -0.2) is 0 Å². The van der Waals surface area contributed by atoms with E-state index < -0.39 is 11.7 Å². The highest BCUT2D eigenvalue weighted by atomic mass is 19.4. The predicted molar refractivity (Wildman–Crippen MR) is 110 cm³/mol. The molecule has 0 unspecified atom stereocenters. The molecule has 0 N–H and O–H groups in total. The van der Waals surface area contributed by atoms with Gasteiger partial charge in [0.25, 0.3) is 0 Å². The van der Waals surface area contributed by atoms with Crippen LogP contribution < -0.4 is 0 Å². The van der Waals surface area contributed by atoms with Crippen molar-refractivity contribution >= 4 is 16.8 Å². The summed E-state index contributed by atoms with van der Waals surface area (Å²) in [6.45, 7) is 2.77. The fourth-order valence-electron chi connectivity index (χ4n) is 4.09. The second-order valence-electron chi connectivity index (χ2n) is 7.82. The first-order valence-electron chi connectivity index (χ1n) is 10.0. The summed E-state index contributed by atoms with van der Waals surface area (Å²) in [5.74, 6) is -0.0205. The van der Waals surface area contributed by atoms with Crippen LogP contribution >= 0.6 is 0 Å². The van der Waals surface area contributed by atoms with Gasteiger partial charge in [-0.2, -0.15) is 13.2 Å². The van der Waals surface area contributed by atoms with Crippen molar-refractivity contribution in [2.75, 3.05) is 19.6 Å². The van der Waals surface area contributed by atoms with E-state index in [1.54, 1.807) is 11.0 Å². The second-order valence-corrected chi connectivity index (χ2v) is 7.82. The number of carbonyl (C=O) groups is 1. The van der Waals surface area contributed by atoms with Gasteiger partial charge in [0.2, 0.25) is 5.91 Å². The molecule has 2 heterocycles. The van der Waals surface area contributed by atoms with Crippen LogP contribution in [0, 0.1) is 0 Å². The maximum atomic E-state index is 13.0. The lowest BCUT2D eigenvalue weighted by Gasteiger charge is -2.22. The number of aromatic nitrogens is 1. The summed E-state index contributed by atoms with van der Waals surface area (Å²) in [6, 6.07) is 13.5. The van der Waals surface area contributed by atoms with E-state index in [2.05, 4.69) is 27.8 Å². The molecule has 158 valence electrons. The number of fused-ring (bicyclic) bond motifs is 1. The van der Waals surface area contributed by atoms with Crippen molar-refractivity contribution in [2.45, 2.75) is 25.7 Å². The zero-order chi connectivity index (χ0) is 21.3. The first-order valence-corrected chi connectivity index (χ1v) is 10.0. The summed E-state index contributed by atoms with van der Waals surface area (Å²) in [7, 11) is 2.02. The SMILES string of the molecule is Cn1cc(CN2CCC(=O)N(Cc3cccc(C(F)(F)F)c3)CC2)c2ccccc21. The lowest BCUT2D eigenvalue weighted by Crippen LogP contribution is -2.32. The Kier molecular flexibility index (Phi) is 5.56. The molecule has 3 aromatic rings. The van der Waals surface area contributed by atoms with Gasteiger partial charge in [0.1, 0.15) is 0 Å². The predicted octanol–water partition coefficient (Wildman–Crippen LogP) is 4.43. The molecule has 0 aliphatic carbocycles. The van der Waals surface area contributed by atoms with Crippen LogP contribution in [0.3, 0.4) is 0 Å². The Morgan fingerprint density at radius 3 is 2.57 bits per heavy atom. The zero-order valence-corrected chi connectivity index (χ0v) is 16.8. The fraction of sp³-hybridized carbons (Fsp3) is 0.348. The number of carbonyl (C=O) groups excluding carboxylic acids is 1. The third-order valence-corrected chi connectivity index (χ3v) is 5.68. The van der Waals surface area contributed by atoms with Crippen molar-refractivity contribution < 1.29 is 18.0 Å². The highest BCUT2D eigenvalue weighted by molar-refractivity contribution is 5.83. The first-order chi connectivity index (χ1) is 14.3. The molecular formula is C23H24F3N3O. The summed E-state index contributed by atoms with van der Waals surface area (Å²) in [5.41, 5.74) is 2.21. The molecule has 1 saturated heterocycles. The van der Waals surface area contributed by atoms with Crippen molar-refractivity contribution in [1.29, 1.82) is 0 Å². The topological polar surface area (TPSA) is 28.5 Å². The van der Waals surface area contributed by atoms with Crippen LogP contribution in [0.4, 0.5) is 13.2 Å². The summed E-state index contributed by atoms with van der Waals surface area (Å²) in [6.07, 6.45) is -1.89. The fourth-order valence-corrected chi connectivity index (χ4v) is 4.09.